The Balaban J connectivity index is 1.94. The highest BCUT2D eigenvalue weighted by Crippen LogP contribution is 2.23. The summed E-state index contributed by atoms with van der Waals surface area (Å²) in [5.41, 5.74) is -0.0809. The van der Waals surface area contributed by atoms with Crippen LogP contribution in [0.3, 0.4) is 0 Å². The number of carbonyl (C=O) groups excluding carboxylic acids is 1. The number of benzene rings is 2. The van der Waals surface area contributed by atoms with Gasteiger partial charge in [-0.2, -0.15) is 0 Å². The van der Waals surface area contributed by atoms with Crippen molar-refractivity contribution in [1.82, 2.24) is 5.32 Å². The van der Waals surface area contributed by atoms with Crippen molar-refractivity contribution >= 4 is 29.0 Å². The number of amides is 2. The third kappa shape index (κ3) is 4.86. The first-order valence-corrected chi connectivity index (χ1v) is 7.06. The second-order valence-corrected chi connectivity index (χ2v) is 5.02. The largest absolute Gasteiger partial charge is 0.471 e. The number of rotatable bonds is 5. The second-order valence-electron chi connectivity index (χ2n) is 4.59. The molecule has 1 unspecified atom stereocenters. The Labute approximate surface area is 137 Å². The quantitative estimate of drug-likeness (QED) is 0.493. The fourth-order valence-corrected chi connectivity index (χ4v) is 1.95. The Morgan fingerprint density at radius 2 is 1.87 bits per heavy atom. The van der Waals surface area contributed by atoms with E-state index in [1.807, 2.05) is 0 Å². The summed E-state index contributed by atoms with van der Waals surface area (Å²) in [7, 11) is 0. The monoisotopic (exact) mass is 335 g/mol. The third-order valence-electron chi connectivity index (χ3n) is 2.81. The summed E-state index contributed by atoms with van der Waals surface area (Å²) in [6, 6.07) is 11.9. The molecule has 8 heteroatoms. The Morgan fingerprint density at radius 1 is 1.22 bits per heavy atom. The molecular weight excluding hydrogens is 322 g/mol. The molecule has 0 aliphatic carbocycles. The molecule has 7 nitrogen and oxygen atoms in total. The molecule has 23 heavy (non-hydrogen) atoms. The van der Waals surface area contributed by atoms with Gasteiger partial charge in [-0.25, -0.2) is 4.79 Å². The van der Waals surface area contributed by atoms with E-state index in [0.717, 1.165) is 0 Å². The number of nitrogens with zero attached hydrogens (tertiary/aromatic N) is 1. The zero-order valence-electron chi connectivity index (χ0n) is 12.2. The summed E-state index contributed by atoms with van der Waals surface area (Å²) in [5, 5.41) is 16.4. The molecule has 0 bridgehead atoms. The van der Waals surface area contributed by atoms with Gasteiger partial charge in [0.1, 0.15) is 11.4 Å². The zero-order chi connectivity index (χ0) is 16.8. The van der Waals surface area contributed by atoms with Gasteiger partial charge < -0.3 is 15.4 Å². The van der Waals surface area contributed by atoms with Crippen LogP contribution in [0, 0.1) is 10.1 Å². The van der Waals surface area contributed by atoms with Gasteiger partial charge in [0.25, 0.3) is 5.69 Å². The summed E-state index contributed by atoms with van der Waals surface area (Å²) in [5.74, 6) is 0.535. The molecule has 1 atom stereocenters. The SMILES string of the molecule is CC(NC(=O)Nc1ccccc1[N+](=O)[O-])Oc1ccc(Cl)cc1. The molecule has 2 rings (SSSR count). The van der Waals surface area contributed by atoms with Crippen LogP contribution < -0.4 is 15.4 Å². The lowest BCUT2D eigenvalue weighted by Crippen LogP contribution is -2.39. The molecule has 2 aromatic carbocycles. The number of hydrogen-bond donors (Lipinski definition) is 2. The summed E-state index contributed by atoms with van der Waals surface area (Å²) >= 11 is 5.77. The Bertz CT molecular complexity index is 706. The molecule has 2 aromatic rings. The van der Waals surface area contributed by atoms with E-state index in [-0.39, 0.29) is 11.4 Å². The molecule has 0 heterocycles. The number of hydrogen-bond acceptors (Lipinski definition) is 4. The van der Waals surface area contributed by atoms with Gasteiger partial charge in [-0.15, -0.1) is 0 Å². The van der Waals surface area contributed by atoms with Crippen LogP contribution in [0.15, 0.2) is 48.5 Å². The topological polar surface area (TPSA) is 93.5 Å². The predicted octanol–water partition coefficient (Wildman–Crippen LogP) is 3.79. The van der Waals surface area contributed by atoms with E-state index in [9.17, 15) is 14.9 Å². The van der Waals surface area contributed by atoms with Crippen LogP contribution in [-0.4, -0.2) is 17.2 Å². The first kappa shape index (κ1) is 16.6. The first-order chi connectivity index (χ1) is 11.0. The molecule has 0 radical (unpaired) electrons. The molecule has 0 saturated carbocycles. The van der Waals surface area contributed by atoms with E-state index in [4.69, 9.17) is 16.3 Å². The van der Waals surface area contributed by atoms with Crippen molar-refractivity contribution in [3.63, 3.8) is 0 Å². The summed E-state index contributed by atoms with van der Waals surface area (Å²) in [6.07, 6.45) is -0.640. The standard InChI is InChI=1S/C15H14ClN3O4/c1-10(23-12-8-6-11(16)7-9-12)17-15(20)18-13-4-2-3-5-14(13)19(21)22/h2-10H,1H3,(H2,17,18,20). The Kier molecular flexibility index (Phi) is 5.37. The number of urea groups is 1. The number of nitrogens with one attached hydrogen (secondary N) is 2. The molecule has 0 aromatic heterocycles. The van der Waals surface area contributed by atoms with Gasteiger partial charge in [0.05, 0.1) is 4.92 Å². The number of anilines is 1. The minimum atomic E-state index is -0.640. The molecule has 0 fully saturated rings. The molecule has 0 aliphatic heterocycles. The Hall–Kier alpha value is -2.80. The lowest BCUT2D eigenvalue weighted by atomic mass is 10.3. The zero-order valence-corrected chi connectivity index (χ0v) is 12.9. The van der Waals surface area contributed by atoms with Crippen LogP contribution in [0.2, 0.25) is 5.02 Å². The average molecular weight is 336 g/mol. The summed E-state index contributed by atoms with van der Waals surface area (Å²) in [4.78, 5) is 22.2. The minimum Gasteiger partial charge on any atom is -0.471 e. The second kappa shape index (κ2) is 7.46. The number of nitro groups is 1. The first-order valence-electron chi connectivity index (χ1n) is 6.69. The Morgan fingerprint density at radius 3 is 2.52 bits per heavy atom. The van der Waals surface area contributed by atoms with Crippen molar-refractivity contribution in [2.45, 2.75) is 13.2 Å². The number of carbonyl (C=O) groups is 1. The van der Waals surface area contributed by atoms with Gasteiger partial charge in [0, 0.05) is 11.1 Å². The molecule has 0 spiro atoms. The smallest absolute Gasteiger partial charge is 0.322 e. The van der Waals surface area contributed by atoms with Crippen LogP contribution in [0.5, 0.6) is 5.75 Å². The van der Waals surface area contributed by atoms with E-state index >= 15 is 0 Å². The molecule has 120 valence electrons. The van der Waals surface area contributed by atoms with E-state index < -0.39 is 17.2 Å². The van der Waals surface area contributed by atoms with Gasteiger partial charge >= 0.3 is 6.03 Å². The predicted molar refractivity (Wildman–Crippen MR) is 86.8 cm³/mol. The summed E-state index contributed by atoms with van der Waals surface area (Å²) < 4.78 is 5.49. The highest BCUT2D eigenvalue weighted by molar-refractivity contribution is 6.30. The fraction of sp³-hybridized carbons (Fsp3) is 0.133. The molecular formula is C15H14ClN3O4. The minimum absolute atomic E-state index is 0.105. The number of halogens is 1. The fourth-order valence-electron chi connectivity index (χ4n) is 1.83. The number of para-hydroxylation sites is 2. The van der Waals surface area contributed by atoms with Crippen molar-refractivity contribution in [3.8, 4) is 5.75 Å². The molecule has 2 N–H and O–H groups in total. The summed E-state index contributed by atoms with van der Waals surface area (Å²) in [6.45, 7) is 1.63. The van der Waals surface area contributed by atoms with Crippen molar-refractivity contribution in [2.24, 2.45) is 0 Å². The average Bonchev–Trinajstić information content (AvgIpc) is 2.49. The van der Waals surface area contributed by atoms with Gasteiger partial charge in [-0.05, 0) is 37.3 Å². The van der Waals surface area contributed by atoms with Crippen molar-refractivity contribution in [3.05, 3.63) is 63.7 Å². The number of ether oxygens (including phenoxy) is 1. The number of nitro benzene ring substituents is 1. The van der Waals surface area contributed by atoms with Gasteiger partial charge in [-0.1, -0.05) is 23.7 Å². The highest BCUT2D eigenvalue weighted by atomic mass is 35.5. The van der Waals surface area contributed by atoms with E-state index in [2.05, 4.69) is 10.6 Å². The molecule has 2 amide bonds. The van der Waals surface area contributed by atoms with Crippen molar-refractivity contribution < 1.29 is 14.5 Å². The van der Waals surface area contributed by atoms with E-state index in [1.54, 1.807) is 37.3 Å². The van der Waals surface area contributed by atoms with Crippen LogP contribution in [0.25, 0.3) is 0 Å². The van der Waals surface area contributed by atoms with E-state index in [0.29, 0.717) is 10.8 Å². The lowest BCUT2D eigenvalue weighted by molar-refractivity contribution is -0.383. The lowest BCUT2D eigenvalue weighted by Gasteiger charge is -2.16. The maximum absolute atomic E-state index is 11.9. The van der Waals surface area contributed by atoms with Crippen LogP contribution in [0.1, 0.15) is 6.92 Å². The highest BCUT2D eigenvalue weighted by Gasteiger charge is 2.16. The van der Waals surface area contributed by atoms with Crippen LogP contribution in [-0.2, 0) is 0 Å². The van der Waals surface area contributed by atoms with Crippen LogP contribution in [0.4, 0.5) is 16.2 Å². The molecule has 0 aliphatic rings. The third-order valence-corrected chi connectivity index (χ3v) is 3.06. The normalized spacial score (nSPS) is 11.4. The van der Waals surface area contributed by atoms with Crippen LogP contribution >= 0.6 is 11.6 Å². The maximum atomic E-state index is 11.9. The van der Waals surface area contributed by atoms with Gasteiger partial charge in [0.2, 0.25) is 0 Å². The maximum Gasteiger partial charge on any atom is 0.322 e. The van der Waals surface area contributed by atoms with Crippen molar-refractivity contribution in [1.29, 1.82) is 0 Å². The molecule has 0 saturated heterocycles. The van der Waals surface area contributed by atoms with Gasteiger partial charge in [-0.3, -0.25) is 10.1 Å². The van der Waals surface area contributed by atoms with Gasteiger partial charge in [0.15, 0.2) is 6.23 Å². The van der Waals surface area contributed by atoms with E-state index in [1.165, 1.54) is 18.2 Å². The van der Waals surface area contributed by atoms with Crippen molar-refractivity contribution in [2.75, 3.05) is 5.32 Å².